The van der Waals surface area contributed by atoms with Crippen LogP contribution in [0.5, 0.6) is 0 Å². The van der Waals surface area contributed by atoms with Gasteiger partial charge in [0, 0.05) is 24.7 Å². The maximum Gasteiger partial charge on any atom is 0.191 e. The molecule has 0 aliphatic carbocycles. The zero-order valence-corrected chi connectivity index (χ0v) is 11.4. The van der Waals surface area contributed by atoms with Gasteiger partial charge in [-0.15, -0.1) is 0 Å². The number of halogens is 1. The molecule has 1 aromatic carbocycles. The molecule has 2 atom stereocenters. The molecule has 5 heteroatoms. The van der Waals surface area contributed by atoms with Crippen molar-refractivity contribution in [1.29, 1.82) is 0 Å². The SMILES string of the molecule is COC(CNC1=NCC(C)N1)c1cccc(Cl)c1. The van der Waals surface area contributed by atoms with Gasteiger partial charge in [0.15, 0.2) is 5.96 Å². The first kappa shape index (κ1) is 13.2. The van der Waals surface area contributed by atoms with Crippen LogP contribution in [0.15, 0.2) is 29.3 Å². The molecule has 0 amide bonds. The number of nitrogens with one attached hydrogen (secondary N) is 2. The highest BCUT2D eigenvalue weighted by atomic mass is 35.5. The minimum atomic E-state index is -0.0379. The molecule has 0 fully saturated rings. The number of hydrogen-bond donors (Lipinski definition) is 2. The minimum Gasteiger partial charge on any atom is -0.375 e. The van der Waals surface area contributed by atoms with Gasteiger partial charge in [0.2, 0.25) is 0 Å². The molecule has 1 heterocycles. The molecule has 0 spiro atoms. The normalized spacial score (nSPS) is 20.2. The van der Waals surface area contributed by atoms with Crippen LogP contribution < -0.4 is 10.6 Å². The van der Waals surface area contributed by atoms with E-state index in [0.717, 1.165) is 23.1 Å². The predicted octanol–water partition coefficient (Wildman–Crippen LogP) is 1.96. The standard InChI is InChI=1S/C13H18ClN3O/c1-9-7-15-13(17-9)16-8-12(18-2)10-4-3-5-11(14)6-10/h3-6,9,12H,7-8H2,1-2H3,(H2,15,16,17). The number of rotatable bonds is 4. The van der Waals surface area contributed by atoms with Crippen molar-refractivity contribution < 1.29 is 4.74 Å². The average Bonchev–Trinajstić information content (AvgIpc) is 2.76. The highest BCUT2D eigenvalue weighted by molar-refractivity contribution is 6.30. The van der Waals surface area contributed by atoms with Gasteiger partial charge >= 0.3 is 0 Å². The van der Waals surface area contributed by atoms with Gasteiger partial charge in [-0.25, -0.2) is 0 Å². The van der Waals surface area contributed by atoms with Gasteiger partial charge in [0.25, 0.3) is 0 Å². The third kappa shape index (κ3) is 3.37. The Labute approximate surface area is 112 Å². The molecule has 0 bridgehead atoms. The number of guanidine groups is 1. The maximum atomic E-state index is 5.98. The fraction of sp³-hybridized carbons (Fsp3) is 0.462. The smallest absolute Gasteiger partial charge is 0.191 e. The second-order valence-corrected chi connectivity index (χ2v) is 4.83. The molecule has 0 radical (unpaired) electrons. The van der Waals surface area contributed by atoms with Crippen LogP contribution in [-0.4, -0.2) is 32.2 Å². The summed E-state index contributed by atoms with van der Waals surface area (Å²) in [5.41, 5.74) is 1.06. The predicted molar refractivity (Wildman–Crippen MR) is 74.1 cm³/mol. The first-order chi connectivity index (χ1) is 8.69. The average molecular weight is 268 g/mol. The van der Waals surface area contributed by atoms with E-state index in [2.05, 4.69) is 22.5 Å². The van der Waals surface area contributed by atoms with Gasteiger partial charge in [0.05, 0.1) is 12.6 Å². The van der Waals surface area contributed by atoms with Gasteiger partial charge in [-0.3, -0.25) is 4.99 Å². The van der Waals surface area contributed by atoms with Crippen LogP contribution in [-0.2, 0) is 4.74 Å². The lowest BCUT2D eigenvalue weighted by Crippen LogP contribution is -2.39. The van der Waals surface area contributed by atoms with Crippen molar-refractivity contribution in [1.82, 2.24) is 10.6 Å². The summed E-state index contributed by atoms with van der Waals surface area (Å²) in [6, 6.07) is 8.12. The van der Waals surface area contributed by atoms with Crippen molar-refractivity contribution in [3.8, 4) is 0 Å². The van der Waals surface area contributed by atoms with E-state index in [1.165, 1.54) is 0 Å². The molecule has 1 aliphatic rings. The summed E-state index contributed by atoms with van der Waals surface area (Å²) in [5, 5.41) is 7.23. The van der Waals surface area contributed by atoms with Crippen LogP contribution in [0, 0.1) is 0 Å². The Hall–Kier alpha value is -1.26. The van der Waals surface area contributed by atoms with Crippen molar-refractivity contribution in [2.45, 2.75) is 19.1 Å². The Morgan fingerprint density at radius 2 is 2.44 bits per heavy atom. The quantitative estimate of drug-likeness (QED) is 0.877. The molecule has 1 aromatic rings. The van der Waals surface area contributed by atoms with Crippen molar-refractivity contribution in [2.75, 3.05) is 20.2 Å². The van der Waals surface area contributed by atoms with E-state index in [4.69, 9.17) is 16.3 Å². The van der Waals surface area contributed by atoms with E-state index in [0.29, 0.717) is 12.6 Å². The number of nitrogens with zero attached hydrogens (tertiary/aromatic N) is 1. The third-order valence-electron chi connectivity index (χ3n) is 2.87. The molecule has 2 N–H and O–H groups in total. The Kier molecular flexibility index (Phi) is 4.44. The topological polar surface area (TPSA) is 45.6 Å². The molecule has 98 valence electrons. The van der Waals surface area contributed by atoms with E-state index in [-0.39, 0.29) is 6.10 Å². The van der Waals surface area contributed by atoms with E-state index in [9.17, 15) is 0 Å². The van der Waals surface area contributed by atoms with Crippen LogP contribution in [0.3, 0.4) is 0 Å². The summed E-state index contributed by atoms with van der Waals surface area (Å²) in [5.74, 6) is 0.839. The molecular formula is C13H18ClN3O. The lowest BCUT2D eigenvalue weighted by molar-refractivity contribution is 0.106. The molecule has 2 unspecified atom stereocenters. The van der Waals surface area contributed by atoms with Crippen molar-refractivity contribution in [2.24, 2.45) is 4.99 Å². The highest BCUT2D eigenvalue weighted by Gasteiger charge is 2.15. The molecule has 0 saturated carbocycles. The number of methoxy groups -OCH3 is 1. The first-order valence-electron chi connectivity index (χ1n) is 6.02. The third-order valence-corrected chi connectivity index (χ3v) is 3.10. The lowest BCUT2D eigenvalue weighted by Gasteiger charge is -2.18. The second-order valence-electron chi connectivity index (χ2n) is 4.39. The van der Waals surface area contributed by atoms with Crippen LogP contribution >= 0.6 is 11.6 Å². The highest BCUT2D eigenvalue weighted by Crippen LogP contribution is 2.19. The van der Waals surface area contributed by atoms with E-state index < -0.39 is 0 Å². The van der Waals surface area contributed by atoms with E-state index in [1.807, 2.05) is 24.3 Å². The van der Waals surface area contributed by atoms with Gasteiger partial charge < -0.3 is 15.4 Å². The molecule has 2 rings (SSSR count). The van der Waals surface area contributed by atoms with Gasteiger partial charge in [-0.2, -0.15) is 0 Å². The first-order valence-corrected chi connectivity index (χ1v) is 6.40. The molecular weight excluding hydrogens is 250 g/mol. The number of ether oxygens (including phenoxy) is 1. The van der Waals surface area contributed by atoms with Gasteiger partial charge in [-0.1, -0.05) is 23.7 Å². The summed E-state index contributed by atoms with van der Waals surface area (Å²) >= 11 is 5.98. The summed E-state index contributed by atoms with van der Waals surface area (Å²) < 4.78 is 5.47. The van der Waals surface area contributed by atoms with Crippen LogP contribution in [0.25, 0.3) is 0 Å². The van der Waals surface area contributed by atoms with E-state index in [1.54, 1.807) is 7.11 Å². The molecule has 1 aliphatic heterocycles. The van der Waals surface area contributed by atoms with E-state index >= 15 is 0 Å². The fourth-order valence-electron chi connectivity index (χ4n) is 1.89. The minimum absolute atomic E-state index is 0.0379. The summed E-state index contributed by atoms with van der Waals surface area (Å²) in [6.45, 7) is 3.58. The summed E-state index contributed by atoms with van der Waals surface area (Å²) in [6.07, 6.45) is -0.0379. The fourth-order valence-corrected chi connectivity index (χ4v) is 2.09. The zero-order chi connectivity index (χ0) is 13.0. The molecule has 4 nitrogen and oxygen atoms in total. The van der Waals surface area contributed by atoms with Crippen molar-refractivity contribution in [3.63, 3.8) is 0 Å². The Morgan fingerprint density at radius 1 is 1.61 bits per heavy atom. The zero-order valence-electron chi connectivity index (χ0n) is 10.6. The molecule has 0 saturated heterocycles. The molecule has 18 heavy (non-hydrogen) atoms. The number of hydrogen-bond acceptors (Lipinski definition) is 4. The lowest BCUT2D eigenvalue weighted by atomic mass is 10.1. The monoisotopic (exact) mass is 267 g/mol. The van der Waals surface area contributed by atoms with Crippen molar-refractivity contribution in [3.05, 3.63) is 34.9 Å². The summed E-state index contributed by atoms with van der Waals surface area (Å²) in [4.78, 5) is 4.35. The maximum absolute atomic E-state index is 5.98. The van der Waals surface area contributed by atoms with Crippen LogP contribution in [0.2, 0.25) is 5.02 Å². The number of aliphatic imine (C=N–C) groups is 1. The van der Waals surface area contributed by atoms with Crippen LogP contribution in [0.1, 0.15) is 18.6 Å². The van der Waals surface area contributed by atoms with Gasteiger partial charge in [-0.05, 0) is 24.6 Å². The number of benzene rings is 1. The van der Waals surface area contributed by atoms with Gasteiger partial charge in [0.1, 0.15) is 0 Å². The second kappa shape index (κ2) is 6.07. The largest absolute Gasteiger partial charge is 0.375 e. The van der Waals surface area contributed by atoms with Crippen molar-refractivity contribution >= 4 is 17.6 Å². The Bertz CT molecular complexity index is 436. The molecule has 0 aromatic heterocycles. The Balaban J connectivity index is 1.93. The Morgan fingerprint density at radius 3 is 3.06 bits per heavy atom. The van der Waals surface area contributed by atoms with Crippen LogP contribution in [0.4, 0.5) is 0 Å². The summed E-state index contributed by atoms with van der Waals surface area (Å²) in [7, 11) is 1.69.